The molecular formula is C19H28N3O3P. The topological polar surface area (TPSA) is 99.6 Å². The minimum absolute atomic E-state index is 0.267. The Kier molecular flexibility index (Phi) is 6.70. The van der Waals surface area contributed by atoms with Gasteiger partial charge in [-0.25, -0.2) is 0 Å². The lowest BCUT2D eigenvalue weighted by Crippen LogP contribution is -2.19. The fourth-order valence-corrected chi connectivity index (χ4v) is 4.85. The molecule has 0 saturated heterocycles. The molecule has 0 heterocycles. The van der Waals surface area contributed by atoms with E-state index in [1.807, 2.05) is 52.0 Å². The lowest BCUT2D eigenvalue weighted by atomic mass is 10.2. The fourth-order valence-electron chi connectivity index (χ4n) is 2.55. The minimum Gasteiger partial charge on any atom is -0.399 e. The first kappa shape index (κ1) is 20.3. The number of nitrogens with one attached hydrogen (secondary N) is 1. The molecule has 0 saturated carbocycles. The molecule has 2 aromatic carbocycles. The number of hydrogen-bond donors (Lipinski definition) is 3. The second kappa shape index (κ2) is 8.58. The van der Waals surface area contributed by atoms with Crippen molar-refractivity contribution in [3.63, 3.8) is 0 Å². The van der Waals surface area contributed by atoms with Crippen LogP contribution in [-0.2, 0) is 13.6 Å². The first-order valence-corrected chi connectivity index (χ1v) is 10.2. The molecule has 0 unspecified atom stereocenters. The third kappa shape index (κ3) is 5.49. The van der Waals surface area contributed by atoms with Crippen LogP contribution in [-0.4, -0.2) is 12.2 Å². The Morgan fingerprint density at radius 1 is 0.885 bits per heavy atom. The number of nitrogen functional groups attached to an aromatic ring is 2. The average molecular weight is 377 g/mol. The van der Waals surface area contributed by atoms with Gasteiger partial charge in [0.05, 0.1) is 12.2 Å². The number of hydrogen-bond acceptors (Lipinski definition) is 6. The van der Waals surface area contributed by atoms with Gasteiger partial charge in [-0.2, -0.15) is 0 Å². The molecule has 0 aliphatic heterocycles. The Morgan fingerprint density at radius 2 is 1.46 bits per heavy atom. The summed E-state index contributed by atoms with van der Waals surface area (Å²) in [5, 5.41) is 3.28. The van der Waals surface area contributed by atoms with Gasteiger partial charge in [0.25, 0.3) is 0 Å². The van der Waals surface area contributed by atoms with Gasteiger partial charge >= 0.3 is 7.60 Å². The van der Waals surface area contributed by atoms with Gasteiger partial charge in [-0.1, -0.05) is 12.1 Å². The highest BCUT2D eigenvalue weighted by molar-refractivity contribution is 7.54. The van der Waals surface area contributed by atoms with E-state index in [-0.39, 0.29) is 12.2 Å². The van der Waals surface area contributed by atoms with E-state index in [1.165, 1.54) is 0 Å². The van der Waals surface area contributed by atoms with Crippen molar-refractivity contribution in [3.8, 4) is 0 Å². The second-order valence-corrected chi connectivity index (χ2v) is 8.70. The molecular weight excluding hydrogens is 349 g/mol. The maximum Gasteiger partial charge on any atom is 0.357 e. The normalized spacial score (nSPS) is 13.2. The maximum atomic E-state index is 13.7. The van der Waals surface area contributed by atoms with Crippen LogP contribution in [0, 0.1) is 0 Å². The molecule has 2 aromatic rings. The molecule has 1 atom stereocenters. The van der Waals surface area contributed by atoms with Crippen LogP contribution in [0.25, 0.3) is 0 Å². The summed E-state index contributed by atoms with van der Waals surface area (Å²) in [6.45, 7) is 7.32. The van der Waals surface area contributed by atoms with Gasteiger partial charge < -0.3 is 25.8 Å². The van der Waals surface area contributed by atoms with Crippen molar-refractivity contribution in [1.82, 2.24) is 0 Å². The van der Waals surface area contributed by atoms with E-state index in [4.69, 9.17) is 20.5 Å². The van der Waals surface area contributed by atoms with Crippen LogP contribution in [0.3, 0.4) is 0 Å². The maximum absolute atomic E-state index is 13.7. The van der Waals surface area contributed by atoms with E-state index in [9.17, 15) is 4.57 Å². The van der Waals surface area contributed by atoms with Gasteiger partial charge in [-0.15, -0.1) is 0 Å². The van der Waals surface area contributed by atoms with E-state index >= 15 is 0 Å². The van der Waals surface area contributed by atoms with Crippen LogP contribution < -0.4 is 16.8 Å². The van der Waals surface area contributed by atoms with Crippen molar-refractivity contribution >= 4 is 24.7 Å². The van der Waals surface area contributed by atoms with Crippen molar-refractivity contribution in [3.05, 3.63) is 54.1 Å². The predicted molar refractivity (Wildman–Crippen MR) is 108 cm³/mol. The predicted octanol–water partition coefficient (Wildman–Crippen LogP) is 5.00. The third-order valence-electron chi connectivity index (χ3n) is 3.47. The third-order valence-corrected chi connectivity index (χ3v) is 5.96. The average Bonchev–Trinajstić information content (AvgIpc) is 2.52. The Bertz CT molecular complexity index is 749. The van der Waals surface area contributed by atoms with Crippen LogP contribution >= 0.6 is 7.60 Å². The number of nitrogens with two attached hydrogens (primary N) is 2. The van der Waals surface area contributed by atoms with Gasteiger partial charge in [0, 0.05) is 17.1 Å². The van der Waals surface area contributed by atoms with Crippen molar-refractivity contribution in [2.45, 2.75) is 45.7 Å². The van der Waals surface area contributed by atoms with Gasteiger partial charge in [-0.3, -0.25) is 4.57 Å². The fraction of sp³-hybridized carbons (Fsp3) is 0.368. The minimum atomic E-state index is -3.56. The van der Waals surface area contributed by atoms with E-state index in [0.29, 0.717) is 11.4 Å². The Morgan fingerprint density at radius 3 is 1.96 bits per heavy atom. The second-order valence-electron chi connectivity index (χ2n) is 6.69. The van der Waals surface area contributed by atoms with Crippen LogP contribution in [0.15, 0.2) is 48.5 Å². The van der Waals surface area contributed by atoms with Gasteiger partial charge in [0.1, 0.15) is 0 Å². The number of rotatable bonds is 8. The largest absolute Gasteiger partial charge is 0.399 e. The zero-order valence-corrected chi connectivity index (χ0v) is 16.6. The van der Waals surface area contributed by atoms with Crippen LogP contribution in [0.2, 0.25) is 0 Å². The molecule has 0 aromatic heterocycles. The van der Waals surface area contributed by atoms with Crippen LogP contribution in [0.5, 0.6) is 0 Å². The standard InChI is InChI=1S/C19H28N3O3P/c1-13(2)24-26(23,25-14(3)4)19(15-6-5-7-17(21)12-15)22-18-10-8-16(20)9-11-18/h5-14,19,22H,20-21H2,1-4H3/t19-/m1/s1. The summed E-state index contributed by atoms with van der Waals surface area (Å²) in [5.41, 5.74) is 14.4. The molecule has 0 radical (unpaired) electrons. The van der Waals surface area contributed by atoms with Crippen LogP contribution in [0.4, 0.5) is 17.1 Å². The van der Waals surface area contributed by atoms with Gasteiger partial charge in [0.2, 0.25) is 0 Å². The summed E-state index contributed by atoms with van der Waals surface area (Å²) in [6.07, 6.45) is -0.535. The van der Waals surface area contributed by atoms with Gasteiger partial charge in [0.15, 0.2) is 5.78 Å². The van der Waals surface area contributed by atoms with E-state index in [0.717, 1.165) is 11.3 Å². The van der Waals surface area contributed by atoms with E-state index in [2.05, 4.69) is 5.32 Å². The van der Waals surface area contributed by atoms with Crippen molar-refractivity contribution in [2.24, 2.45) is 0 Å². The van der Waals surface area contributed by atoms with Crippen molar-refractivity contribution in [1.29, 1.82) is 0 Å². The summed E-state index contributed by atoms with van der Waals surface area (Å²) in [5.74, 6) is -0.709. The van der Waals surface area contributed by atoms with Crippen LogP contribution in [0.1, 0.15) is 39.0 Å². The number of anilines is 3. The Hall–Kier alpha value is -2.01. The first-order chi connectivity index (χ1) is 12.2. The molecule has 0 aliphatic rings. The summed E-state index contributed by atoms with van der Waals surface area (Å²) < 4.78 is 25.4. The summed E-state index contributed by atoms with van der Waals surface area (Å²) in [6, 6.07) is 14.4. The smallest absolute Gasteiger partial charge is 0.357 e. The molecule has 0 aliphatic carbocycles. The molecule has 7 heteroatoms. The molecule has 5 N–H and O–H groups in total. The highest BCUT2D eigenvalue weighted by atomic mass is 31.2. The van der Waals surface area contributed by atoms with Crippen molar-refractivity contribution in [2.75, 3.05) is 16.8 Å². The first-order valence-electron chi connectivity index (χ1n) is 8.63. The molecule has 6 nitrogen and oxygen atoms in total. The molecule has 0 fully saturated rings. The monoisotopic (exact) mass is 377 g/mol. The zero-order valence-electron chi connectivity index (χ0n) is 15.7. The lowest BCUT2D eigenvalue weighted by Gasteiger charge is -2.31. The molecule has 142 valence electrons. The quantitative estimate of drug-likeness (QED) is 0.442. The molecule has 0 bridgehead atoms. The number of benzene rings is 2. The summed E-state index contributed by atoms with van der Waals surface area (Å²) in [4.78, 5) is 0. The Labute approximate surface area is 155 Å². The molecule has 0 spiro atoms. The van der Waals surface area contributed by atoms with E-state index < -0.39 is 13.4 Å². The Balaban J connectivity index is 2.49. The summed E-state index contributed by atoms with van der Waals surface area (Å²) in [7, 11) is -3.56. The molecule has 0 amide bonds. The SMILES string of the molecule is CC(C)OP(=O)(OC(C)C)[C@@H](Nc1ccc(N)cc1)c1cccc(N)c1. The lowest BCUT2D eigenvalue weighted by molar-refractivity contribution is 0.138. The molecule has 26 heavy (non-hydrogen) atoms. The zero-order chi connectivity index (χ0) is 19.3. The van der Waals surface area contributed by atoms with Crippen molar-refractivity contribution < 1.29 is 13.6 Å². The highest BCUT2D eigenvalue weighted by Gasteiger charge is 2.39. The van der Waals surface area contributed by atoms with E-state index in [1.54, 1.807) is 24.3 Å². The van der Waals surface area contributed by atoms with Gasteiger partial charge in [-0.05, 0) is 69.7 Å². The summed E-state index contributed by atoms with van der Waals surface area (Å²) >= 11 is 0. The highest BCUT2D eigenvalue weighted by Crippen LogP contribution is 2.62. The molecule has 2 rings (SSSR count).